The van der Waals surface area contributed by atoms with Gasteiger partial charge >= 0.3 is 0 Å². The first kappa shape index (κ1) is 12.9. The summed E-state index contributed by atoms with van der Waals surface area (Å²) in [5, 5.41) is 3.79. The van der Waals surface area contributed by atoms with Gasteiger partial charge in [-0.3, -0.25) is 4.90 Å². The van der Waals surface area contributed by atoms with Crippen LogP contribution in [0.1, 0.15) is 46.0 Å². The van der Waals surface area contributed by atoms with E-state index < -0.39 is 0 Å². The molecule has 0 aromatic rings. The second kappa shape index (κ2) is 5.10. The van der Waals surface area contributed by atoms with E-state index in [0.29, 0.717) is 11.6 Å². The average molecular weight is 252 g/mol. The topological polar surface area (TPSA) is 24.5 Å². The number of ether oxygens (including phenoxy) is 1. The Morgan fingerprint density at radius 3 is 2.78 bits per heavy atom. The molecule has 3 rings (SSSR count). The SMILES string of the molecule is CCC1(C)CNC(C2CC2)CN1CC1CCCO1. The quantitative estimate of drug-likeness (QED) is 0.828. The standard InChI is InChI=1S/C15H28N2O/c1-3-15(2)11-16-14(12-6-7-12)10-17(15)9-13-5-4-8-18-13/h12-14,16H,3-11H2,1-2H3. The minimum absolute atomic E-state index is 0.331. The Hall–Kier alpha value is -0.120. The van der Waals surface area contributed by atoms with Crippen molar-refractivity contribution in [2.45, 2.75) is 63.6 Å². The first-order chi connectivity index (χ1) is 8.71. The van der Waals surface area contributed by atoms with Crippen molar-refractivity contribution in [3.63, 3.8) is 0 Å². The van der Waals surface area contributed by atoms with Crippen LogP contribution >= 0.6 is 0 Å². The number of hydrogen-bond donors (Lipinski definition) is 1. The summed E-state index contributed by atoms with van der Waals surface area (Å²) >= 11 is 0. The van der Waals surface area contributed by atoms with Crippen molar-refractivity contribution in [2.24, 2.45) is 5.92 Å². The number of rotatable bonds is 4. The fourth-order valence-corrected chi connectivity index (χ4v) is 3.48. The highest BCUT2D eigenvalue weighted by Gasteiger charge is 2.42. The maximum absolute atomic E-state index is 5.84. The molecular weight excluding hydrogens is 224 g/mol. The Kier molecular flexibility index (Phi) is 3.65. The van der Waals surface area contributed by atoms with E-state index in [-0.39, 0.29) is 0 Å². The van der Waals surface area contributed by atoms with Gasteiger partial charge in [0.25, 0.3) is 0 Å². The summed E-state index contributed by atoms with van der Waals surface area (Å²) in [5.41, 5.74) is 0.331. The lowest BCUT2D eigenvalue weighted by Crippen LogP contribution is -2.64. The van der Waals surface area contributed by atoms with E-state index in [2.05, 4.69) is 24.1 Å². The van der Waals surface area contributed by atoms with Crippen LogP contribution in [0, 0.1) is 5.92 Å². The van der Waals surface area contributed by atoms with Gasteiger partial charge in [-0.25, -0.2) is 0 Å². The summed E-state index contributed by atoms with van der Waals surface area (Å²) in [6, 6.07) is 0.742. The highest BCUT2D eigenvalue weighted by atomic mass is 16.5. The maximum Gasteiger partial charge on any atom is 0.0703 e. The largest absolute Gasteiger partial charge is 0.377 e. The summed E-state index contributed by atoms with van der Waals surface area (Å²) < 4.78 is 5.84. The Labute approximate surface area is 111 Å². The van der Waals surface area contributed by atoms with Crippen molar-refractivity contribution in [1.82, 2.24) is 10.2 Å². The Bertz CT molecular complexity index is 284. The molecule has 3 heteroatoms. The smallest absolute Gasteiger partial charge is 0.0703 e. The fraction of sp³-hybridized carbons (Fsp3) is 1.00. The van der Waals surface area contributed by atoms with Gasteiger partial charge in [0.2, 0.25) is 0 Å². The second-order valence-electron chi connectivity index (χ2n) is 6.72. The van der Waals surface area contributed by atoms with Gasteiger partial charge in [-0.1, -0.05) is 6.92 Å². The van der Waals surface area contributed by atoms with Crippen molar-refractivity contribution >= 4 is 0 Å². The minimum Gasteiger partial charge on any atom is -0.377 e. The first-order valence-corrected chi connectivity index (χ1v) is 7.81. The molecule has 3 unspecified atom stereocenters. The van der Waals surface area contributed by atoms with Gasteiger partial charge in [0, 0.05) is 37.8 Å². The van der Waals surface area contributed by atoms with Crippen LogP contribution in [0.2, 0.25) is 0 Å². The molecule has 3 aliphatic rings. The molecule has 0 radical (unpaired) electrons. The van der Waals surface area contributed by atoms with E-state index in [9.17, 15) is 0 Å². The number of piperazine rings is 1. The van der Waals surface area contributed by atoms with E-state index in [1.165, 1.54) is 38.6 Å². The van der Waals surface area contributed by atoms with Crippen LogP contribution in [0.4, 0.5) is 0 Å². The second-order valence-corrected chi connectivity index (χ2v) is 6.72. The average Bonchev–Trinajstić information content (AvgIpc) is 3.11. The number of nitrogens with zero attached hydrogens (tertiary/aromatic N) is 1. The van der Waals surface area contributed by atoms with E-state index in [0.717, 1.165) is 31.7 Å². The third-order valence-corrected chi connectivity index (χ3v) is 5.33. The summed E-state index contributed by atoms with van der Waals surface area (Å²) in [7, 11) is 0. The van der Waals surface area contributed by atoms with Crippen molar-refractivity contribution in [3.8, 4) is 0 Å². The zero-order valence-corrected chi connectivity index (χ0v) is 12.0. The zero-order valence-electron chi connectivity index (χ0n) is 12.0. The molecule has 1 saturated carbocycles. The predicted octanol–water partition coefficient (Wildman–Crippen LogP) is 2.02. The van der Waals surface area contributed by atoms with Gasteiger partial charge in [-0.15, -0.1) is 0 Å². The maximum atomic E-state index is 5.84. The molecule has 2 heterocycles. The van der Waals surface area contributed by atoms with E-state index in [1.807, 2.05) is 0 Å². The molecule has 18 heavy (non-hydrogen) atoms. The molecule has 1 aliphatic carbocycles. The zero-order chi connectivity index (χ0) is 12.6. The predicted molar refractivity (Wildman–Crippen MR) is 73.8 cm³/mol. The molecule has 3 atom stereocenters. The lowest BCUT2D eigenvalue weighted by atomic mass is 9.90. The van der Waals surface area contributed by atoms with Crippen molar-refractivity contribution in [1.29, 1.82) is 0 Å². The molecule has 0 aromatic carbocycles. The van der Waals surface area contributed by atoms with Crippen molar-refractivity contribution < 1.29 is 4.74 Å². The van der Waals surface area contributed by atoms with Gasteiger partial charge in [0.1, 0.15) is 0 Å². The fourth-order valence-electron chi connectivity index (χ4n) is 3.48. The van der Waals surface area contributed by atoms with Crippen molar-refractivity contribution in [2.75, 3.05) is 26.2 Å². The van der Waals surface area contributed by atoms with Crippen LogP contribution in [0.25, 0.3) is 0 Å². The van der Waals surface area contributed by atoms with E-state index in [4.69, 9.17) is 4.74 Å². The van der Waals surface area contributed by atoms with Crippen LogP contribution in [-0.4, -0.2) is 48.8 Å². The lowest BCUT2D eigenvalue weighted by Gasteiger charge is -2.49. The molecule has 3 fully saturated rings. The van der Waals surface area contributed by atoms with E-state index in [1.54, 1.807) is 0 Å². The van der Waals surface area contributed by atoms with Crippen LogP contribution in [-0.2, 0) is 4.74 Å². The van der Waals surface area contributed by atoms with Gasteiger partial charge in [0.05, 0.1) is 6.10 Å². The Morgan fingerprint density at radius 1 is 1.33 bits per heavy atom. The summed E-state index contributed by atoms with van der Waals surface area (Å²) in [6.07, 6.45) is 7.12. The highest BCUT2D eigenvalue weighted by molar-refractivity contribution is 5.00. The van der Waals surface area contributed by atoms with Crippen LogP contribution in [0.15, 0.2) is 0 Å². The summed E-state index contributed by atoms with van der Waals surface area (Å²) in [6.45, 7) is 9.24. The summed E-state index contributed by atoms with van der Waals surface area (Å²) in [4.78, 5) is 2.72. The lowest BCUT2D eigenvalue weighted by molar-refractivity contribution is -0.00457. The molecule has 0 bridgehead atoms. The van der Waals surface area contributed by atoms with Gasteiger partial charge in [-0.05, 0) is 44.9 Å². The number of nitrogens with one attached hydrogen (secondary N) is 1. The normalized spacial score (nSPS) is 42.3. The molecular formula is C15H28N2O. The Balaban J connectivity index is 1.64. The Morgan fingerprint density at radius 2 is 2.17 bits per heavy atom. The molecule has 1 N–H and O–H groups in total. The molecule has 0 aromatic heterocycles. The third-order valence-electron chi connectivity index (χ3n) is 5.33. The molecule has 2 aliphatic heterocycles. The van der Waals surface area contributed by atoms with Crippen molar-refractivity contribution in [3.05, 3.63) is 0 Å². The molecule has 2 saturated heterocycles. The van der Waals surface area contributed by atoms with Crippen LogP contribution in [0.5, 0.6) is 0 Å². The molecule has 104 valence electrons. The summed E-state index contributed by atoms with van der Waals surface area (Å²) in [5.74, 6) is 0.957. The van der Waals surface area contributed by atoms with Crippen LogP contribution in [0.3, 0.4) is 0 Å². The third kappa shape index (κ3) is 2.59. The van der Waals surface area contributed by atoms with E-state index >= 15 is 0 Å². The minimum atomic E-state index is 0.331. The molecule has 0 spiro atoms. The van der Waals surface area contributed by atoms with Gasteiger partial charge in [-0.2, -0.15) is 0 Å². The molecule has 3 nitrogen and oxygen atoms in total. The van der Waals surface area contributed by atoms with Gasteiger partial charge in [0.15, 0.2) is 0 Å². The highest BCUT2D eigenvalue weighted by Crippen LogP contribution is 2.36. The molecule has 0 amide bonds. The van der Waals surface area contributed by atoms with Gasteiger partial charge < -0.3 is 10.1 Å². The number of hydrogen-bond acceptors (Lipinski definition) is 3. The van der Waals surface area contributed by atoms with Crippen LogP contribution < -0.4 is 5.32 Å². The monoisotopic (exact) mass is 252 g/mol. The first-order valence-electron chi connectivity index (χ1n) is 7.81.